The standard InChI is InChI=1S/C54H76N10O8.2ClH/c1-31(35-20-15-13-16-21-35)57-49(69)41-27-39(29-63(41)51(71)43(53(5,6)7)61-45(65)33(3)55-11)59-47(67)37-24-19-25-38(26-37)48(68)60-40-28-42(50(70)58-32(2)36-22-17-14-18-23-36)64(30-40)52(72)44(54(8,9)10)62-46(66)34(4)56-12;;/h13-26,31-34,39-44,55-56H,27-30H2,1-12H3,(H,57,69)(H,58,70)(H,59,67)(H,60,68)(H,61,65)(H,62,66);2*1H/t31?,32?,33-,34-,39-,40+,41?,42-,43-,44-;;/m0../s1. The number of nitrogens with one attached hydrogen (secondary N) is 8. The van der Waals surface area contributed by atoms with Crippen molar-refractivity contribution in [1.29, 1.82) is 0 Å². The van der Waals surface area contributed by atoms with Gasteiger partial charge in [0.25, 0.3) is 11.8 Å². The zero-order chi connectivity index (χ0) is 53.2. The zero-order valence-electron chi connectivity index (χ0n) is 44.7. The van der Waals surface area contributed by atoms with Gasteiger partial charge in [0, 0.05) is 36.3 Å². The molecule has 20 heteroatoms. The van der Waals surface area contributed by atoms with Gasteiger partial charge in [0.15, 0.2) is 0 Å². The normalized spacial score (nSPS) is 19.9. The Kier molecular flexibility index (Phi) is 22.6. The number of halogens is 2. The molecular formula is C54H78Cl2N10O8. The third-order valence-corrected chi connectivity index (χ3v) is 13.6. The molecular weight excluding hydrogens is 988 g/mol. The van der Waals surface area contributed by atoms with E-state index in [1.807, 2.05) is 116 Å². The summed E-state index contributed by atoms with van der Waals surface area (Å²) in [6.45, 7) is 17.9. The Labute approximate surface area is 448 Å². The predicted octanol–water partition coefficient (Wildman–Crippen LogP) is 3.96. The van der Waals surface area contributed by atoms with Gasteiger partial charge in [0.2, 0.25) is 35.4 Å². The second kappa shape index (κ2) is 26.9. The molecule has 2 saturated heterocycles. The fourth-order valence-electron chi connectivity index (χ4n) is 8.90. The summed E-state index contributed by atoms with van der Waals surface area (Å²) in [7, 11) is 3.28. The van der Waals surface area contributed by atoms with Crippen LogP contribution in [0.25, 0.3) is 0 Å². The SMILES string of the molecule is CN[C@@H](C)C(=O)N[C@@H](C(=O)N1C[C@@H](NC(=O)c2cccc(C(=O)N[C@@H]3C[C@@H](C(=O)NC(C)c4ccccc4)N(C(=O)[C@H](NC(=O)[C@H](C)NC)C(C)(C)C)C3)c2)CC1C(=O)NC(C)c1ccccc1)C(C)(C)C.Cl.Cl. The van der Waals surface area contributed by atoms with Gasteiger partial charge >= 0.3 is 0 Å². The lowest BCUT2D eigenvalue weighted by Crippen LogP contribution is -2.59. The maximum atomic E-state index is 14.5. The Hall–Kier alpha value is -6.08. The van der Waals surface area contributed by atoms with E-state index in [2.05, 4.69) is 42.5 Å². The second-order valence-corrected chi connectivity index (χ2v) is 21.3. The highest BCUT2D eigenvalue weighted by molar-refractivity contribution is 6.01. The van der Waals surface area contributed by atoms with Crippen LogP contribution in [0.3, 0.4) is 0 Å². The van der Waals surface area contributed by atoms with Crippen LogP contribution in [0.1, 0.15) is 126 Å². The highest BCUT2D eigenvalue weighted by Gasteiger charge is 2.47. The summed E-state index contributed by atoms with van der Waals surface area (Å²) >= 11 is 0. The van der Waals surface area contributed by atoms with Gasteiger partial charge in [-0.1, -0.05) is 108 Å². The molecule has 3 aromatic rings. The van der Waals surface area contributed by atoms with E-state index in [4.69, 9.17) is 0 Å². The molecule has 2 heterocycles. The Bertz CT molecular complexity index is 2270. The molecule has 2 fully saturated rings. The van der Waals surface area contributed by atoms with Gasteiger partial charge in [-0.2, -0.15) is 0 Å². The maximum absolute atomic E-state index is 14.5. The van der Waals surface area contributed by atoms with Crippen LogP contribution in [-0.2, 0) is 28.8 Å². The first kappa shape index (κ1) is 62.2. The third kappa shape index (κ3) is 16.0. The number of benzene rings is 3. The number of hydrogen-bond donors (Lipinski definition) is 8. The van der Waals surface area contributed by atoms with Crippen molar-refractivity contribution in [2.45, 2.75) is 142 Å². The first-order chi connectivity index (χ1) is 33.8. The van der Waals surface area contributed by atoms with Crippen molar-refractivity contribution in [2.75, 3.05) is 27.2 Å². The van der Waals surface area contributed by atoms with Crippen LogP contribution in [0, 0.1) is 10.8 Å². The molecule has 8 N–H and O–H groups in total. The van der Waals surface area contributed by atoms with Crippen LogP contribution in [0.2, 0.25) is 0 Å². The number of likely N-dealkylation sites (N-methyl/N-ethyl adjacent to an activating group) is 2. The Balaban J connectivity index is 0.00000722. The summed E-state index contributed by atoms with van der Waals surface area (Å²) in [5.74, 6) is -3.64. The third-order valence-electron chi connectivity index (χ3n) is 13.6. The van der Waals surface area contributed by atoms with E-state index >= 15 is 0 Å². The van der Waals surface area contributed by atoms with Gasteiger partial charge in [-0.15, -0.1) is 24.8 Å². The molecule has 10 atom stereocenters. The number of amides is 8. The average molecular weight is 1070 g/mol. The number of carbonyl (C=O) groups is 8. The lowest BCUT2D eigenvalue weighted by atomic mass is 9.85. The Morgan fingerprint density at radius 3 is 1.15 bits per heavy atom. The van der Waals surface area contributed by atoms with Crippen molar-refractivity contribution < 1.29 is 38.4 Å². The lowest BCUT2D eigenvalue weighted by molar-refractivity contribution is -0.144. The van der Waals surface area contributed by atoms with Crippen molar-refractivity contribution in [3.05, 3.63) is 107 Å². The van der Waals surface area contributed by atoms with Gasteiger partial charge in [-0.05, 0) is 94.8 Å². The molecule has 0 aromatic heterocycles. The van der Waals surface area contributed by atoms with E-state index in [1.54, 1.807) is 46.1 Å². The minimum absolute atomic E-state index is 0. The summed E-state index contributed by atoms with van der Waals surface area (Å²) in [6, 6.07) is 17.5. The summed E-state index contributed by atoms with van der Waals surface area (Å²) in [4.78, 5) is 115. The topological polar surface area (TPSA) is 239 Å². The molecule has 0 saturated carbocycles. The molecule has 18 nitrogen and oxygen atoms in total. The quantitative estimate of drug-likeness (QED) is 0.0913. The highest BCUT2D eigenvalue weighted by atomic mass is 35.5. The Morgan fingerprint density at radius 1 is 0.500 bits per heavy atom. The fourth-order valence-corrected chi connectivity index (χ4v) is 8.90. The summed E-state index contributed by atoms with van der Waals surface area (Å²) in [5, 5.41) is 23.6. The Morgan fingerprint density at radius 2 is 0.838 bits per heavy atom. The number of nitrogens with zero attached hydrogens (tertiary/aromatic N) is 2. The van der Waals surface area contributed by atoms with E-state index in [-0.39, 0.29) is 73.7 Å². The van der Waals surface area contributed by atoms with E-state index in [0.29, 0.717) is 0 Å². The van der Waals surface area contributed by atoms with Crippen LogP contribution in [0.4, 0.5) is 0 Å². The van der Waals surface area contributed by atoms with E-state index in [9.17, 15) is 38.4 Å². The van der Waals surface area contributed by atoms with Crippen LogP contribution in [0.5, 0.6) is 0 Å². The molecule has 74 heavy (non-hydrogen) atoms. The number of rotatable bonds is 18. The minimum Gasteiger partial charge on any atom is -0.348 e. The second-order valence-electron chi connectivity index (χ2n) is 21.3. The van der Waals surface area contributed by atoms with Crippen molar-refractivity contribution in [1.82, 2.24) is 52.3 Å². The predicted molar refractivity (Wildman–Crippen MR) is 289 cm³/mol. The average Bonchev–Trinajstić information content (AvgIpc) is 3.98. The van der Waals surface area contributed by atoms with Crippen molar-refractivity contribution in [3.8, 4) is 0 Å². The van der Waals surface area contributed by atoms with Gasteiger partial charge in [0.1, 0.15) is 24.2 Å². The van der Waals surface area contributed by atoms with Gasteiger partial charge in [-0.3, -0.25) is 38.4 Å². The fraction of sp³-hybridized carbons (Fsp3) is 0.519. The van der Waals surface area contributed by atoms with E-state index < -0.39 is 107 Å². The molecule has 8 amide bonds. The van der Waals surface area contributed by atoms with Crippen LogP contribution >= 0.6 is 24.8 Å². The number of hydrogen-bond acceptors (Lipinski definition) is 10. The maximum Gasteiger partial charge on any atom is 0.251 e. The largest absolute Gasteiger partial charge is 0.348 e. The van der Waals surface area contributed by atoms with Crippen molar-refractivity contribution in [2.24, 2.45) is 10.8 Å². The molecule has 0 spiro atoms. The zero-order valence-corrected chi connectivity index (χ0v) is 46.3. The number of likely N-dealkylation sites (tertiary alicyclic amines) is 2. The molecule has 3 unspecified atom stereocenters. The molecule has 406 valence electrons. The van der Waals surface area contributed by atoms with Gasteiger partial charge in [0.05, 0.1) is 24.2 Å². The molecule has 5 rings (SSSR count). The highest BCUT2D eigenvalue weighted by Crippen LogP contribution is 2.29. The van der Waals surface area contributed by atoms with Crippen molar-refractivity contribution in [3.63, 3.8) is 0 Å². The van der Waals surface area contributed by atoms with Gasteiger partial charge in [-0.25, -0.2) is 0 Å². The molecule has 2 aliphatic rings. The van der Waals surface area contributed by atoms with E-state index in [0.717, 1.165) is 11.1 Å². The first-order valence-corrected chi connectivity index (χ1v) is 24.8. The monoisotopic (exact) mass is 1060 g/mol. The first-order valence-electron chi connectivity index (χ1n) is 24.8. The van der Waals surface area contributed by atoms with Crippen LogP contribution in [-0.4, -0.2) is 133 Å². The summed E-state index contributed by atoms with van der Waals surface area (Å²) in [5.41, 5.74) is 0.508. The lowest BCUT2D eigenvalue weighted by Gasteiger charge is -2.36. The van der Waals surface area contributed by atoms with Crippen molar-refractivity contribution >= 4 is 72.1 Å². The summed E-state index contributed by atoms with van der Waals surface area (Å²) < 4.78 is 0. The van der Waals surface area contributed by atoms with Crippen LogP contribution < -0.4 is 42.5 Å². The molecule has 0 radical (unpaired) electrons. The molecule has 3 aromatic carbocycles. The molecule has 0 aliphatic carbocycles. The van der Waals surface area contributed by atoms with E-state index in [1.165, 1.54) is 15.9 Å². The number of carbonyl (C=O) groups excluding carboxylic acids is 8. The smallest absolute Gasteiger partial charge is 0.251 e. The molecule has 0 bridgehead atoms. The van der Waals surface area contributed by atoms with Gasteiger partial charge < -0.3 is 52.3 Å². The minimum atomic E-state index is -1.01. The molecule has 2 aliphatic heterocycles. The van der Waals surface area contributed by atoms with Crippen LogP contribution in [0.15, 0.2) is 84.9 Å². The summed E-state index contributed by atoms with van der Waals surface area (Å²) in [6.07, 6.45) is 0.152.